The van der Waals surface area contributed by atoms with E-state index in [0.717, 1.165) is 17.0 Å². The van der Waals surface area contributed by atoms with E-state index in [1.165, 1.54) is 0 Å². The molecule has 1 saturated heterocycles. The van der Waals surface area contributed by atoms with Crippen molar-refractivity contribution in [3.63, 3.8) is 0 Å². The van der Waals surface area contributed by atoms with Crippen molar-refractivity contribution >= 4 is 9.84 Å². The molecule has 6 nitrogen and oxygen atoms in total. The fraction of sp³-hybridized carbons (Fsp3) is 0.316. The van der Waals surface area contributed by atoms with Crippen molar-refractivity contribution < 1.29 is 12.8 Å². The molecular formula is C19H21N3O3S. The molecule has 136 valence electrons. The maximum absolute atomic E-state index is 11.9. The van der Waals surface area contributed by atoms with Crippen molar-refractivity contribution in [3.8, 4) is 5.69 Å². The third-order valence-electron chi connectivity index (χ3n) is 4.71. The molecule has 0 amide bonds. The lowest BCUT2D eigenvalue weighted by atomic mass is 10.2. The summed E-state index contributed by atoms with van der Waals surface area (Å²) >= 11 is 0. The lowest BCUT2D eigenvalue weighted by Crippen LogP contribution is -2.35. The molecule has 3 heterocycles. The first-order valence-electron chi connectivity index (χ1n) is 8.65. The minimum Gasteiger partial charge on any atom is -0.468 e. The number of hydrogen-bond acceptors (Lipinski definition) is 5. The molecule has 2 aromatic heterocycles. The number of furan rings is 1. The summed E-state index contributed by atoms with van der Waals surface area (Å²) in [6, 6.07) is 13.7. The highest BCUT2D eigenvalue weighted by atomic mass is 32.2. The number of benzene rings is 1. The van der Waals surface area contributed by atoms with Crippen molar-refractivity contribution in [2.45, 2.75) is 25.6 Å². The van der Waals surface area contributed by atoms with E-state index < -0.39 is 9.84 Å². The molecule has 1 aliphatic heterocycles. The van der Waals surface area contributed by atoms with Gasteiger partial charge in [-0.15, -0.1) is 0 Å². The SMILES string of the molecule is O=S1(=O)CC[C@@H](N(Cc2cnn(-c3ccccc3)c2)Cc2ccco2)C1. The maximum atomic E-state index is 11.9. The Morgan fingerprint density at radius 1 is 1.15 bits per heavy atom. The average molecular weight is 371 g/mol. The van der Waals surface area contributed by atoms with Gasteiger partial charge >= 0.3 is 0 Å². The second kappa shape index (κ2) is 7.09. The van der Waals surface area contributed by atoms with Gasteiger partial charge in [0.15, 0.2) is 9.84 Å². The second-order valence-electron chi connectivity index (χ2n) is 6.67. The molecular weight excluding hydrogens is 350 g/mol. The Bertz CT molecular complexity index is 949. The molecule has 3 aromatic rings. The molecule has 4 rings (SSSR count). The van der Waals surface area contributed by atoms with Crippen LogP contribution in [0.4, 0.5) is 0 Å². The van der Waals surface area contributed by atoms with E-state index in [1.54, 1.807) is 6.26 Å². The summed E-state index contributed by atoms with van der Waals surface area (Å²) in [5.41, 5.74) is 2.05. The Morgan fingerprint density at radius 2 is 2.00 bits per heavy atom. The highest BCUT2D eigenvalue weighted by Gasteiger charge is 2.32. The Hall–Kier alpha value is -2.38. The lowest BCUT2D eigenvalue weighted by molar-refractivity contribution is 0.179. The van der Waals surface area contributed by atoms with Gasteiger partial charge in [0.1, 0.15) is 5.76 Å². The Labute approximate surface area is 153 Å². The van der Waals surface area contributed by atoms with Crippen LogP contribution in [0.25, 0.3) is 5.69 Å². The van der Waals surface area contributed by atoms with E-state index in [2.05, 4.69) is 10.00 Å². The Morgan fingerprint density at radius 3 is 2.69 bits per heavy atom. The minimum absolute atomic E-state index is 0.00479. The van der Waals surface area contributed by atoms with Crippen molar-refractivity contribution in [2.75, 3.05) is 11.5 Å². The van der Waals surface area contributed by atoms with E-state index in [9.17, 15) is 8.42 Å². The van der Waals surface area contributed by atoms with Crippen molar-refractivity contribution in [2.24, 2.45) is 0 Å². The van der Waals surface area contributed by atoms with Gasteiger partial charge in [-0.05, 0) is 30.7 Å². The molecule has 26 heavy (non-hydrogen) atoms. The maximum Gasteiger partial charge on any atom is 0.151 e. The van der Waals surface area contributed by atoms with E-state index in [4.69, 9.17) is 4.42 Å². The standard InChI is InChI=1S/C19H21N3O3S/c23-26(24)10-8-18(15-26)21(14-19-7-4-9-25-19)12-16-11-20-22(13-16)17-5-2-1-3-6-17/h1-7,9,11,13,18H,8,10,12,14-15H2/t18-/m1/s1. The molecule has 0 unspecified atom stereocenters. The molecule has 0 spiro atoms. The van der Waals surface area contributed by atoms with Crippen LogP contribution >= 0.6 is 0 Å². The molecule has 1 aliphatic rings. The fourth-order valence-corrected chi connectivity index (χ4v) is 5.14. The zero-order chi connectivity index (χ0) is 18.0. The Balaban J connectivity index is 1.54. The van der Waals surface area contributed by atoms with E-state index in [1.807, 2.05) is 59.5 Å². The normalized spacial score (nSPS) is 19.2. The molecule has 0 radical (unpaired) electrons. The summed E-state index contributed by atoms with van der Waals surface area (Å²) in [7, 11) is -2.94. The van der Waals surface area contributed by atoms with Crippen molar-refractivity contribution in [3.05, 3.63) is 72.4 Å². The first-order chi connectivity index (χ1) is 12.6. The van der Waals surface area contributed by atoms with Crippen LogP contribution in [-0.4, -0.2) is 40.6 Å². The molecule has 0 aliphatic carbocycles. The van der Waals surface area contributed by atoms with Gasteiger partial charge in [-0.2, -0.15) is 5.10 Å². The predicted octanol–water partition coefficient (Wildman–Crippen LogP) is 2.65. The zero-order valence-electron chi connectivity index (χ0n) is 14.4. The van der Waals surface area contributed by atoms with Gasteiger partial charge in [-0.3, -0.25) is 4.90 Å². The van der Waals surface area contributed by atoms with Gasteiger partial charge in [0, 0.05) is 24.3 Å². The van der Waals surface area contributed by atoms with Crippen LogP contribution < -0.4 is 0 Å². The van der Waals surface area contributed by atoms with Crippen molar-refractivity contribution in [1.82, 2.24) is 14.7 Å². The minimum atomic E-state index is -2.94. The third-order valence-corrected chi connectivity index (χ3v) is 6.46. The smallest absolute Gasteiger partial charge is 0.151 e. The summed E-state index contributed by atoms with van der Waals surface area (Å²) in [4.78, 5) is 2.18. The van der Waals surface area contributed by atoms with Crippen LogP contribution in [0.1, 0.15) is 17.7 Å². The van der Waals surface area contributed by atoms with Gasteiger partial charge in [-0.1, -0.05) is 18.2 Å². The van der Waals surface area contributed by atoms with Gasteiger partial charge in [-0.25, -0.2) is 13.1 Å². The van der Waals surface area contributed by atoms with Crippen LogP contribution in [-0.2, 0) is 22.9 Å². The van der Waals surface area contributed by atoms with E-state index >= 15 is 0 Å². The number of rotatable bonds is 6. The van der Waals surface area contributed by atoms with Crippen LogP contribution in [0, 0.1) is 0 Å². The first kappa shape index (κ1) is 17.1. The average Bonchev–Trinajstić information content (AvgIpc) is 3.36. The molecule has 0 N–H and O–H groups in total. The van der Waals surface area contributed by atoms with E-state index in [-0.39, 0.29) is 17.5 Å². The molecule has 1 fully saturated rings. The number of sulfone groups is 1. The van der Waals surface area contributed by atoms with Crippen LogP contribution in [0.5, 0.6) is 0 Å². The molecule has 1 atom stereocenters. The molecule has 0 saturated carbocycles. The number of aromatic nitrogens is 2. The summed E-state index contributed by atoms with van der Waals surface area (Å²) < 4.78 is 31.2. The monoisotopic (exact) mass is 371 g/mol. The highest BCUT2D eigenvalue weighted by Crippen LogP contribution is 2.22. The van der Waals surface area contributed by atoms with Crippen LogP contribution in [0.2, 0.25) is 0 Å². The summed E-state index contributed by atoms with van der Waals surface area (Å²) in [5.74, 6) is 1.31. The molecule has 1 aromatic carbocycles. The van der Waals surface area contributed by atoms with Gasteiger partial charge in [0.2, 0.25) is 0 Å². The summed E-state index contributed by atoms with van der Waals surface area (Å²) in [5, 5.41) is 4.44. The summed E-state index contributed by atoms with van der Waals surface area (Å²) in [6.07, 6.45) is 6.14. The van der Waals surface area contributed by atoms with Gasteiger partial charge < -0.3 is 4.42 Å². The number of nitrogens with zero attached hydrogens (tertiary/aromatic N) is 3. The lowest BCUT2D eigenvalue weighted by Gasteiger charge is -2.26. The third kappa shape index (κ3) is 3.89. The predicted molar refractivity (Wildman–Crippen MR) is 98.6 cm³/mol. The highest BCUT2D eigenvalue weighted by molar-refractivity contribution is 7.91. The summed E-state index contributed by atoms with van der Waals surface area (Å²) in [6.45, 7) is 1.22. The fourth-order valence-electron chi connectivity index (χ4n) is 3.38. The number of hydrogen-bond donors (Lipinski definition) is 0. The first-order valence-corrected chi connectivity index (χ1v) is 10.5. The Kier molecular flexibility index (Phi) is 4.65. The number of para-hydroxylation sites is 1. The largest absolute Gasteiger partial charge is 0.468 e. The van der Waals surface area contributed by atoms with E-state index in [0.29, 0.717) is 19.5 Å². The molecule has 7 heteroatoms. The second-order valence-corrected chi connectivity index (χ2v) is 8.90. The van der Waals surface area contributed by atoms with Crippen molar-refractivity contribution in [1.29, 1.82) is 0 Å². The quantitative estimate of drug-likeness (QED) is 0.666. The topological polar surface area (TPSA) is 68.3 Å². The van der Waals surface area contributed by atoms with Crippen LogP contribution in [0.15, 0.2) is 65.5 Å². The van der Waals surface area contributed by atoms with Crippen LogP contribution in [0.3, 0.4) is 0 Å². The zero-order valence-corrected chi connectivity index (χ0v) is 15.2. The molecule has 0 bridgehead atoms. The van der Waals surface area contributed by atoms with Gasteiger partial charge in [0.25, 0.3) is 0 Å². The van der Waals surface area contributed by atoms with Gasteiger partial charge in [0.05, 0.1) is 36.2 Å².